The minimum atomic E-state index is -1.09. The second-order valence-electron chi connectivity index (χ2n) is 6.24. The van der Waals surface area contributed by atoms with Crippen LogP contribution in [0.4, 0.5) is 4.39 Å². The molecule has 138 valence electrons. The number of ether oxygens (including phenoxy) is 1. The summed E-state index contributed by atoms with van der Waals surface area (Å²) in [4.78, 5) is 15.8. The van der Waals surface area contributed by atoms with Crippen molar-refractivity contribution in [1.29, 1.82) is 0 Å². The highest BCUT2D eigenvalue weighted by Gasteiger charge is 2.19. The molecule has 1 aromatic carbocycles. The molecule has 0 saturated heterocycles. The smallest absolute Gasteiger partial charge is 0.308 e. The van der Waals surface area contributed by atoms with Crippen molar-refractivity contribution in [3.8, 4) is 17.6 Å². The fraction of sp³-hybridized carbons (Fsp3) is 0.429. The van der Waals surface area contributed by atoms with Gasteiger partial charge in [-0.3, -0.25) is 4.79 Å². The fourth-order valence-corrected chi connectivity index (χ4v) is 2.74. The molecule has 5 heteroatoms. The molecular weight excluding hydrogens is 333 g/mol. The first-order valence-corrected chi connectivity index (χ1v) is 8.88. The predicted molar refractivity (Wildman–Crippen MR) is 99.2 cm³/mol. The number of carbonyl (C=O) groups excluding carboxylic acids is 1. The Morgan fingerprint density at radius 1 is 1.35 bits per heavy atom. The zero-order valence-corrected chi connectivity index (χ0v) is 15.4. The van der Waals surface area contributed by atoms with Crippen LogP contribution in [-0.4, -0.2) is 16.1 Å². The number of nitrogens with zero attached hydrogens (tertiary/aromatic N) is 1. The van der Waals surface area contributed by atoms with Crippen LogP contribution in [0.15, 0.2) is 18.2 Å². The van der Waals surface area contributed by atoms with E-state index in [0.29, 0.717) is 28.6 Å². The average molecular weight is 357 g/mol. The molecule has 0 spiro atoms. The molecule has 2 rings (SSSR count). The number of fused-ring (bicyclic) bond motifs is 1. The second kappa shape index (κ2) is 9.30. The number of hydrogen-bond acceptors (Lipinski definition) is 4. The van der Waals surface area contributed by atoms with E-state index in [2.05, 4.69) is 23.7 Å². The first-order chi connectivity index (χ1) is 12.4. The highest BCUT2D eigenvalue weighted by atomic mass is 19.1. The first kappa shape index (κ1) is 19.9. The fourth-order valence-electron chi connectivity index (χ4n) is 2.74. The Balaban J connectivity index is 2.35. The molecule has 0 fully saturated rings. The van der Waals surface area contributed by atoms with Crippen LogP contribution in [0.3, 0.4) is 0 Å². The van der Waals surface area contributed by atoms with Gasteiger partial charge >= 0.3 is 5.97 Å². The van der Waals surface area contributed by atoms with E-state index in [4.69, 9.17) is 4.74 Å². The van der Waals surface area contributed by atoms with Gasteiger partial charge in [-0.2, -0.15) is 0 Å². The Bertz CT molecular complexity index is 852. The molecule has 26 heavy (non-hydrogen) atoms. The van der Waals surface area contributed by atoms with Crippen molar-refractivity contribution in [1.82, 2.24) is 4.98 Å². The van der Waals surface area contributed by atoms with Gasteiger partial charge in [0.1, 0.15) is 11.6 Å². The van der Waals surface area contributed by atoms with Gasteiger partial charge in [-0.25, -0.2) is 9.37 Å². The van der Waals surface area contributed by atoms with Crippen molar-refractivity contribution in [3.63, 3.8) is 0 Å². The van der Waals surface area contributed by atoms with Gasteiger partial charge < -0.3 is 9.84 Å². The summed E-state index contributed by atoms with van der Waals surface area (Å²) >= 11 is 0. The lowest BCUT2D eigenvalue weighted by atomic mass is 10.0. The van der Waals surface area contributed by atoms with Gasteiger partial charge in [0.05, 0.1) is 11.2 Å². The van der Waals surface area contributed by atoms with Crippen molar-refractivity contribution in [2.45, 2.75) is 59.0 Å². The minimum Gasteiger partial charge on any atom is -0.426 e. The average Bonchev–Trinajstić information content (AvgIpc) is 2.60. The van der Waals surface area contributed by atoms with Crippen LogP contribution in [-0.2, 0) is 4.79 Å². The van der Waals surface area contributed by atoms with E-state index in [-0.39, 0.29) is 5.75 Å². The summed E-state index contributed by atoms with van der Waals surface area (Å²) in [5.41, 5.74) is 1.24. The molecule has 1 heterocycles. The maximum absolute atomic E-state index is 13.6. The Labute approximate surface area is 153 Å². The number of rotatable bonds is 6. The number of unbranched alkanes of at least 4 members (excludes halogenated alkanes) is 4. The van der Waals surface area contributed by atoms with Crippen LogP contribution in [0.2, 0.25) is 0 Å². The van der Waals surface area contributed by atoms with Crippen LogP contribution >= 0.6 is 0 Å². The number of aromatic nitrogens is 1. The third-order valence-corrected chi connectivity index (χ3v) is 4.07. The Morgan fingerprint density at radius 3 is 2.81 bits per heavy atom. The number of halogens is 1. The van der Waals surface area contributed by atoms with Gasteiger partial charge in [0, 0.05) is 24.3 Å². The Kier molecular flexibility index (Phi) is 7.11. The molecule has 1 aromatic heterocycles. The van der Waals surface area contributed by atoms with Gasteiger partial charge in [0.2, 0.25) is 0 Å². The van der Waals surface area contributed by atoms with E-state index in [1.54, 1.807) is 6.92 Å². The molecule has 0 aliphatic carbocycles. The summed E-state index contributed by atoms with van der Waals surface area (Å²) in [6, 6.07) is 4.03. The van der Waals surface area contributed by atoms with E-state index in [0.717, 1.165) is 19.3 Å². The molecule has 0 saturated carbocycles. The van der Waals surface area contributed by atoms with Crippen LogP contribution < -0.4 is 4.74 Å². The van der Waals surface area contributed by atoms with E-state index < -0.39 is 17.9 Å². The molecule has 4 nitrogen and oxygen atoms in total. The largest absolute Gasteiger partial charge is 0.426 e. The number of esters is 1. The van der Waals surface area contributed by atoms with Gasteiger partial charge in [0.25, 0.3) is 0 Å². The lowest BCUT2D eigenvalue weighted by Gasteiger charge is -2.15. The van der Waals surface area contributed by atoms with Crippen molar-refractivity contribution in [3.05, 3.63) is 35.3 Å². The number of carbonyl (C=O) groups is 1. The molecular formula is C21H24FNO3. The number of hydrogen-bond donors (Lipinski definition) is 1. The SMILES string of the molecule is CCCCCCC#CC(O)c1nc2ccc(F)cc2c(OC(C)=O)c1C. The number of aliphatic hydroxyl groups excluding tert-OH is 1. The normalized spacial score (nSPS) is 11.7. The Hall–Kier alpha value is -2.45. The van der Waals surface area contributed by atoms with E-state index in [9.17, 15) is 14.3 Å². The molecule has 1 N–H and O–H groups in total. The minimum absolute atomic E-state index is 0.209. The highest BCUT2D eigenvalue weighted by molar-refractivity contribution is 5.89. The number of pyridine rings is 1. The van der Waals surface area contributed by atoms with E-state index >= 15 is 0 Å². The third kappa shape index (κ3) is 5.03. The lowest BCUT2D eigenvalue weighted by molar-refractivity contribution is -0.131. The first-order valence-electron chi connectivity index (χ1n) is 8.88. The molecule has 0 radical (unpaired) electrons. The van der Waals surface area contributed by atoms with Crippen molar-refractivity contribution in [2.75, 3.05) is 0 Å². The standard InChI is InChI=1S/C21H24FNO3/c1-4-5-6-7-8-9-10-19(25)20-14(2)21(26-15(3)24)17-13-16(22)11-12-18(17)23-20/h11-13,19,25H,4-8H2,1-3H3. The van der Waals surface area contributed by atoms with E-state index in [1.165, 1.54) is 31.5 Å². The molecule has 2 aromatic rings. The highest BCUT2D eigenvalue weighted by Crippen LogP contribution is 2.33. The molecule has 0 amide bonds. The van der Waals surface area contributed by atoms with Gasteiger partial charge in [-0.15, -0.1) is 5.92 Å². The molecule has 0 bridgehead atoms. The van der Waals surface area contributed by atoms with Crippen molar-refractivity contribution >= 4 is 16.9 Å². The van der Waals surface area contributed by atoms with Gasteiger partial charge in [-0.1, -0.05) is 32.1 Å². The maximum Gasteiger partial charge on any atom is 0.308 e. The van der Waals surface area contributed by atoms with Gasteiger partial charge in [-0.05, 0) is 31.5 Å². The quantitative estimate of drug-likeness (QED) is 0.466. The Morgan fingerprint density at radius 2 is 2.12 bits per heavy atom. The van der Waals surface area contributed by atoms with Gasteiger partial charge in [0.15, 0.2) is 6.10 Å². The summed E-state index contributed by atoms with van der Waals surface area (Å²) in [6.07, 6.45) is 4.08. The van der Waals surface area contributed by atoms with Crippen LogP contribution in [0.25, 0.3) is 10.9 Å². The molecule has 1 unspecified atom stereocenters. The molecule has 0 aliphatic rings. The molecule has 1 atom stereocenters. The third-order valence-electron chi connectivity index (χ3n) is 4.07. The summed E-state index contributed by atoms with van der Waals surface area (Å²) in [7, 11) is 0. The number of benzene rings is 1. The predicted octanol–water partition coefficient (Wildman–Crippen LogP) is 4.61. The number of aliphatic hydroxyl groups is 1. The summed E-state index contributed by atoms with van der Waals surface area (Å²) in [5.74, 6) is 5.02. The summed E-state index contributed by atoms with van der Waals surface area (Å²) in [5, 5.41) is 10.8. The molecule has 0 aliphatic heterocycles. The summed E-state index contributed by atoms with van der Waals surface area (Å²) < 4.78 is 18.9. The van der Waals surface area contributed by atoms with Crippen LogP contribution in [0.1, 0.15) is 63.3 Å². The van der Waals surface area contributed by atoms with Crippen LogP contribution in [0.5, 0.6) is 5.75 Å². The monoisotopic (exact) mass is 357 g/mol. The van der Waals surface area contributed by atoms with Crippen molar-refractivity contribution in [2.24, 2.45) is 0 Å². The maximum atomic E-state index is 13.6. The second-order valence-corrected chi connectivity index (χ2v) is 6.24. The van der Waals surface area contributed by atoms with Crippen LogP contribution in [0, 0.1) is 24.6 Å². The zero-order valence-electron chi connectivity index (χ0n) is 15.4. The van der Waals surface area contributed by atoms with Crippen molar-refractivity contribution < 1.29 is 19.0 Å². The topological polar surface area (TPSA) is 59.4 Å². The van der Waals surface area contributed by atoms with E-state index in [1.807, 2.05) is 0 Å². The lowest BCUT2D eigenvalue weighted by Crippen LogP contribution is -2.09. The zero-order chi connectivity index (χ0) is 19.1. The summed E-state index contributed by atoms with van der Waals surface area (Å²) in [6.45, 7) is 5.10.